The Bertz CT molecular complexity index is 1060. The van der Waals surface area contributed by atoms with Gasteiger partial charge in [-0.1, -0.05) is 17.7 Å². The van der Waals surface area contributed by atoms with Gasteiger partial charge in [0.2, 0.25) is 0 Å². The molecule has 4 rings (SSSR count). The van der Waals surface area contributed by atoms with Crippen molar-refractivity contribution in [1.29, 1.82) is 0 Å². The van der Waals surface area contributed by atoms with Crippen molar-refractivity contribution >= 4 is 28.9 Å². The van der Waals surface area contributed by atoms with Crippen LogP contribution in [0, 0.1) is 5.82 Å². The normalized spacial score (nSPS) is 18.6. The summed E-state index contributed by atoms with van der Waals surface area (Å²) in [6.07, 6.45) is 4.74. The molecule has 0 saturated carbocycles. The van der Waals surface area contributed by atoms with Crippen LogP contribution in [0.25, 0.3) is 5.69 Å². The predicted octanol–water partition coefficient (Wildman–Crippen LogP) is 4.59. The molecule has 1 N–H and O–H groups in total. The maximum atomic E-state index is 13.8. The monoisotopic (exact) mass is 457 g/mol. The molecule has 0 aliphatic carbocycles. The number of thiocarbonyl (C=S) groups is 1. The van der Waals surface area contributed by atoms with Gasteiger partial charge in [0.05, 0.1) is 22.8 Å². The lowest BCUT2D eigenvalue weighted by atomic mass is 10.0. The van der Waals surface area contributed by atoms with Gasteiger partial charge >= 0.3 is 0 Å². The molecule has 5 nitrogen and oxygen atoms in total. The fourth-order valence-electron chi connectivity index (χ4n) is 4.03. The van der Waals surface area contributed by atoms with Crippen LogP contribution in [-0.4, -0.2) is 51.6 Å². The minimum Gasteiger partial charge on any atom is -0.352 e. The van der Waals surface area contributed by atoms with E-state index >= 15 is 0 Å². The fourth-order valence-corrected chi connectivity index (χ4v) is 4.54. The topological polar surface area (TPSA) is 36.3 Å². The second kappa shape index (κ2) is 9.34. The van der Waals surface area contributed by atoms with Crippen molar-refractivity contribution in [3.63, 3.8) is 0 Å². The molecule has 2 atom stereocenters. The molecule has 1 saturated heterocycles. The number of nitrogens with one attached hydrogen (secondary N) is 1. The lowest BCUT2D eigenvalue weighted by Crippen LogP contribution is -2.33. The molecule has 162 valence electrons. The van der Waals surface area contributed by atoms with E-state index in [9.17, 15) is 4.39 Å². The number of aromatic nitrogens is 2. The maximum absolute atomic E-state index is 13.8. The van der Waals surface area contributed by atoms with Gasteiger partial charge in [0.1, 0.15) is 5.82 Å². The van der Waals surface area contributed by atoms with Gasteiger partial charge in [-0.2, -0.15) is 0 Å². The molecule has 0 spiro atoms. The third-order valence-corrected chi connectivity index (χ3v) is 6.11. The highest BCUT2D eigenvalue weighted by Crippen LogP contribution is 2.39. The zero-order chi connectivity index (χ0) is 22.0. The summed E-state index contributed by atoms with van der Waals surface area (Å²) in [6, 6.07) is 14.6. The molecule has 3 aromatic rings. The first-order chi connectivity index (χ1) is 15.0. The Morgan fingerprint density at radius 2 is 2.03 bits per heavy atom. The first-order valence-electron chi connectivity index (χ1n) is 10.2. The minimum absolute atomic E-state index is 0.0663. The molecule has 0 amide bonds. The van der Waals surface area contributed by atoms with Crippen molar-refractivity contribution in [3.8, 4) is 5.69 Å². The Morgan fingerprint density at radius 1 is 1.19 bits per heavy atom. The molecular formula is C23H25ClFN5S. The fraction of sp³-hybridized carbons (Fsp3) is 0.304. The summed E-state index contributed by atoms with van der Waals surface area (Å²) >= 11 is 11.8. The van der Waals surface area contributed by atoms with Crippen LogP contribution in [0.4, 0.5) is 4.39 Å². The van der Waals surface area contributed by atoms with E-state index in [1.54, 1.807) is 18.3 Å². The molecular weight excluding hydrogens is 433 g/mol. The summed E-state index contributed by atoms with van der Waals surface area (Å²) in [5.74, 6) is -0.431. The van der Waals surface area contributed by atoms with Crippen molar-refractivity contribution in [1.82, 2.24) is 24.7 Å². The Hall–Kier alpha value is -2.48. The largest absolute Gasteiger partial charge is 0.352 e. The first kappa shape index (κ1) is 21.7. The SMILES string of the molecule is CN(C)CCCN1C(=S)N[C@@H](c2ccccn2)[C@H]1c1cccn1-c1ccc(F)c(Cl)c1. The molecule has 0 radical (unpaired) electrons. The molecule has 8 heteroatoms. The number of hydrogen-bond acceptors (Lipinski definition) is 3. The number of benzene rings is 1. The molecule has 1 aliphatic heterocycles. The van der Waals surface area contributed by atoms with Gasteiger partial charge in [-0.15, -0.1) is 0 Å². The van der Waals surface area contributed by atoms with E-state index in [-0.39, 0.29) is 17.1 Å². The third-order valence-electron chi connectivity index (χ3n) is 5.47. The van der Waals surface area contributed by atoms with Gasteiger partial charge in [0.25, 0.3) is 0 Å². The second-order valence-corrected chi connectivity index (χ2v) is 8.67. The van der Waals surface area contributed by atoms with Crippen LogP contribution in [0.2, 0.25) is 5.02 Å². The summed E-state index contributed by atoms with van der Waals surface area (Å²) in [5, 5.41) is 4.29. The van der Waals surface area contributed by atoms with E-state index in [4.69, 9.17) is 23.8 Å². The predicted molar refractivity (Wildman–Crippen MR) is 126 cm³/mol. The molecule has 31 heavy (non-hydrogen) atoms. The summed E-state index contributed by atoms with van der Waals surface area (Å²) < 4.78 is 15.8. The number of halogens is 2. The third kappa shape index (κ3) is 4.59. The molecule has 1 fully saturated rings. The molecule has 3 heterocycles. The van der Waals surface area contributed by atoms with Gasteiger partial charge in [-0.05, 0) is 81.7 Å². The van der Waals surface area contributed by atoms with Crippen LogP contribution in [0.5, 0.6) is 0 Å². The summed E-state index contributed by atoms with van der Waals surface area (Å²) in [7, 11) is 4.14. The van der Waals surface area contributed by atoms with Gasteiger partial charge in [-0.3, -0.25) is 4.98 Å². The molecule has 0 bridgehead atoms. The zero-order valence-electron chi connectivity index (χ0n) is 17.5. The van der Waals surface area contributed by atoms with E-state index in [2.05, 4.69) is 40.3 Å². The van der Waals surface area contributed by atoms with Gasteiger partial charge < -0.3 is 19.7 Å². The highest BCUT2D eigenvalue weighted by atomic mass is 35.5. The Kier molecular flexibility index (Phi) is 6.55. The van der Waals surface area contributed by atoms with Crippen molar-refractivity contribution in [3.05, 3.63) is 83.2 Å². The maximum Gasteiger partial charge on any atom is 0.170 e. The molecule has 1 aromatic carbocycles. The van der Waals surface area contributed by atoms with Crippen molar-refractivity contribution < 1.29 is 4.39 Å². The van der Waals surface area contributed by atoms with Crippen molar-refractivity contribution in [2.45, 2.75) is 18.5 Å². The van der Waals surface area contributed by atoms with E-state index in [1.807, 2.05) is 35.0 Å². The molecule has 1 aliphatic rings. The van der Waals surface area contributed by atoms with E-state index in [0.29, 0.717) is 5.11 Å². The highest BCUT2D eigenvalue weighted by Gasteiger charge is 2.40. The Labute approximate surface area is 192 Å². The number of nitrogens with zero attached hydrogens (tertiary/aromatic N) is 4. The summed E-state index contributed by atoms with van der Waals surface area (Å²) in [5.41, 5.74) is 2.77. The summed E-state index contributed by atoms with van der Waals surface area (Å²) in [4.78, 5) is 8.99. The Balaban J connectivity index is 1.74. The van der Waals surface area contributed by atoms with E-state index in [1.165, 1.54) is 6.07 Å². The number of hydrogen-bond donors (Lipinski definition) is 1. The zero-order valence-corrected chi connectivity index (χ0v) is 19.1. The highest BCUT2D eigenvalue weighted by molar-refractivity contribution is 7.80. The summed E-state index contributed by atoms with van der Waals surface area (Å²) in [6.45, 7) is 1.78. The van der Waals surface area contributed by atoms with Gasteiger partial charge in [0, 0.05) is 30.3 Å². The quantitative estimate of drug-likeness (QED) is 0.525. The number of rotatable bonds is 7. The van der Waals surface area contributed by atoms with Crippen LogP contribution in [0.1, 0.15) is 29.9 Å². The lowest BCUT2D eigenvalue weighted by molar-refractivity contribution is 0.286. The smallest absolute Gasteiger partial charge is 0.170 e. The molecule has 0 unspecified atom stereocenters. The number of pyridine rings is 1. The van der Waals surface area contributed by atoms with Gasteiger partial charge in [0.15, 0.2) is 5.11 Å². The van der Waals surface area contributed by atoms with E-state index in [0.717, 1.165) is 36.6 Å². The first-order valence-corrected chi connectivity index (χ1v) is 11.0. The van der Waals surface area contributed by atoms with Crippen LogP contribution >= 0.6 is 23.8 Å². The lowest BCUT2D eigenvalue weighted by Gasteiger charge is -2.29. The van der Waals surface area contributed by atoms with Crippen molar-refractivity contribution in [2.24, 2.45) is 0 Å². The Morgan fingerprint density at radius 3 is 2.74 bits per heavy atom. The minimum atomic E-state index is -0.431. The second-order valence-electron chi connectivity index (χ2n) is 7.88. The van der Waals surface area contributed by atoms with Crippen molar-refractivity contribution in [2.75, 3.05) is 27.2 Å². The average molecular weight is 458 g/mol. The van der Waals surface area contributed by atoms with Crippen LogP contribution < -0.4 is 5.32 Å². The van der Waals surface area contributed by atoms with E-state index < -0.39 is 5.82 Å². The van der Waals surface area contributed by atoms with Crippen LogP contribution in [0.15, 0.2) is 60.9 Å². The standard InChI is InChI=1S/C23H25ClFN5S/c1-28(2)12-6-14-30-22(21(27-23(30)31)19-7-3-4-11-26-19)20-8-5-13-29(20)16-9-10-18(25)17(24)15-16/h3-5,7-11,13,15,21-22H,6,12,14H2,1-2H3,(H,27,31)/t21-,22+/m0/s1. The molecule has 2 aromatic heterocycles. The van der Waals surface area contributed by atoms with Gasteiger partial charge in [-0.25, -0.2) is 4.39 Å². The van der Waals surface area contributed by atoms with Crippen LogP contribution in [0.3, 0.4) is 0 Å². The average Bonchev–Trinajstić information content (AvgIpc) is 3.35. The van der Waals surface area contributed by atoms with Crippen LogP contribution in [-0.2, 0) is 0 Å².